The standard InChI is InChI=1S/C33H38N4O7S/c1-23(2)21-28(33(41)36-27-11-8-20-37(22-30(27)39)45(42,43)32-12-6-7-19-34-32)35-31(40)18-17-29(38)24-13-15-26(16-14-24)44-25-9-4-3-5-10-25/h3-7,9-10,12-16,19,23,27-28H,8,11,17-18,20-22H2,1-2H3,(H,35,40)(H,36,41)/t27?,28-/m0/s1. The molecule has 4 rings (SSSR count). The minimum absolute atomic E-state index is 0.0446. The average molecular weight is 635 g/mol. The molecule has 2 N–H and O–H groups in total. The Morgan fingerprint density at radius 1 is 0.956 bits per heavy atom. The first-order chi connectivity index (χ1) is 21.5. The summed E-state index contributed by atoms with van der Waals surface area (Å²) in [6.45, 7) is 3.52. The summed E-state index contributed by atoms with van der Waals surface area (Å²) in [5, 5.41) is 5.30. The summed E-state index contributed by atoms with van der Waals surface area (Å²) in [6, 6.07) is 18.6. The van der Waals surface area contributed by atoms with Crippen molar-refractivity contribution >= 4 is 33.4 Å². The molecule has 45 heavy (non-hydrogen) atoms. The van der Waals surface area contributed by atoms with Crippen LogP contribution in [0.4, 0.5) is 0 Å². The van der Waals surface area contributed by atoms with Crippen LogP contribution in [0.5, 0.6) is 11.5 Å². The third-order valence-corrected chi connectivity index (χ3v) is 9.03. The number of rotatable bonds is 13. The number of amides is 2. The van der Waals surface area contributed by atoms with Gasteiger partial charge in [0.05, 0.1) is 12.6 Å². The molecule has 0 saturated carbocycles. The number of benzene rings is 2. The van der Waals surface area contributed by atoms with Gasteiger partial charge in [0.15, 0.2) is 16.6 Å². The zero-order valence-electron chi connectivity index (χ0n) is 25.3. The zero-order valence-corrected chi connectivity index (χ0v) is 26.2. The van der Waals surface area contributed by atoms with Crippen molar-refractivity contribution in [1.29, 1.82) is 0 Å². The maximum Gasteiger partial charge on any atom is 0.260 e. The Balaban J connectivity index is 1.30. The highest BCUT2D eigenvalue weighted by Crippen LogP contribution is 2.22. The van der Waals surface area contributed by atoms with Gasteiger partial charge in [0.1, 0.15) is 17.5 Å². The maximum absolute atomic E-state index is 13.3. The summed E-state index contributed by atoms with van der Waals surface area (Å²) in [5.74, 6) is -0.371. The molecule has 0 radical (unpaired) electrons. The lowest BCUT2D eigenvalue weighted by atomic mass is 10.0. The van der Waals surface area contributed by atoms with Gasteiger partial charge in [-0.1, -0.05) is 38.1 Å². The van der Waals surface area contributed by atoms with Gasteiger partial charge in [-0.2, -0.15) is 4.31 Å². The van der Waals surface area contributed by atoms with Gasteiger partial charge < -0.3 is 15.4 Å². The van der Waals surface area contributed by atoms with Gasteiger partial charge in [0.2, 0.25) is 11.8 Å². The Labute approximate surface area is 263 Å². The number of Topliss-reactive ketones (excluding diaryl/α,β-unsaturated/α-hetero) is 2. The molecular formula is C33H38N4O7S. The van der Waals surface area contributed by atoms with Gasteiger partial charge >= 0.3 is 0 Å². The summed E-state index contributed by atoms with van der Waals surface area (Å²) in [5.41, 5.74) is 0.436. The second-order valence-corrected chi connectivity index (χ2v) is 13.2. The molecule has 12 heteroatoms. The van der Waals surface area contributed by atoms with Crippen LogP contribution in [0.15, 0.2) is 84.0 Å². The molecule has 0 aliphatic carbocycles. The van der Waals surface area contributed by atoms with Gasteiger partial charge in [0, 0.05) is 31.1 Å². The number of carbonyl (C=O) groups is 4. The van der Waals surface area contributed by atoms with Crippen molar-refractivity contribution in [2.45, 2.75) is 63.1 Å². The molecule has 1 aliphatic heterocycles. The van der Waals surface area contributed by atoms with Crippen molar-refractivity contribution in [3.05, 3.63) is 84.6 Å². The monoisotopic (exact) mass is 634 g/mol. The van der Waals surface area contributed by atoms with Crippen molar-refractivity contribution in [2.75, 3.05) is 13.1 Å². The Hall–Kier alpha value is -4.42. The normalized spacial score (nSPS) is 16.4. The van der Waals surface area contributed by atoms with Gasteiger partial charge in [-0.3, -0.25) is 19.2 Å². The van der Waals surface area contributed by atoms with Gasteiger partial charge in [0.25, 0.3) is 10.0 Å². The largest absolute Gasteiger partial charge is 0.457 e. The van der Waals surface area contributed by atoms with Crippen molar-refractivity contribution in [1.82, 2.24) is 19.9 Å². The van der Waals surface area contributed by atoms with Crippen LogP contribution in [0.1, 0.15) is 56.3 Å². The molecule has 2 amide bonds. The molecule has 1 unspecified atom stereocenters. The lowest BCUT2D eigenvalue weighted by molar-refractivity contribution is -0.131. The van der Waals surface area contributed by atoms with E-state index in [4.69, 9.17) is 4.74 Å². The molecule has 2 aromatic carbocycles. The van der Waals surface area contributed by atoms with Crippen molar-refractivity contribution in [3.63, 3.8) is 0 Å². The average Bonchev–Trinajstić information content (AvgIpc) is 3.22. The second-order valence-electron chi connectivity index (χ2n) is 11.3. The third-order valence-electron chi connectivity index (χ3n) is 7.27. The van der Waals surface area contributed by atoms with Crippen LogP contribution in [-0.2, 0) is 24.4 Å². The van der Waals surface area contributed by atoms with E-state index in [1.165, 1.54) is 12.3 Å². The molecule has 3 aromatic rings. The summed E-state index contributed by atoms with van der Waals surface area (Å²) in [7, 11) is -3.97. The van der Waals surface area contributed by atoms with E-state index in [0.29, 0.717) is 29.9 Å². The molecule has 1 saturated heterocycles. The highest BCUT2D eigenvalue weighted by atomic mass is 32.2. The Morgan fingerprint density at radius 2 is 1.64 bits per heavy atom. The number of hydrogen-bond donors (Lipinski definition) is 2. The topological polar surface area (TPSA) is 152 Å². The van der Waals surface area contributed by atoms with Crippen LogP contribution < -0.4 is 15.4 Å². The lowest BCUT2D eigenvalue weighted by Crippen LogP contribution is -2.52. The SMILES string of the molecule is CC(C)C[C@H](NC(=O)CCC(=O)c1ccc(Oc2ccccc2)cc1)C(=O)NC1CCCN(S(=O)(=O)c2ccccn2)CC1=O. The molecular weight excluding hydrogens is 596 g/mol. The van der Waals surface area contributed by atoms with E-state index < -0.39 is 46.2 Å². The quantitative estimate of drug-likeness (QED) is 0.269. The lowest BCUT2D eigenvalue weighted by Gasteiger charge is -2.23. The van der Waals surface area contributed by atoms with Crippen molar-refractivity contribution < 1.29 is 32.3 Å². The number of ketones is 2. The first-order valence-corrected chi connectivity index (χ1v) is 16.4. The number of pyridine rings is 1. The predicted octanol–water partition coefficient (Wildman–Crippen LogP) is 3.91. The molecule has 1 fully saturated rings. The predicted molar refractivity (Wildman–Crippen MR) is 167 cm³/mol. The smallest absolute Gasteiger partial charge is 0.260 e. The molecule has 0 bridgehead atoms. The van der Waals surface area contributed by atoms with Crippen LogP contribution in [0.3, 0.4) is 0 Å². The maximum atomic E-state index is 13.3. The number of para-hydroxylation sites is 1. The fraction of sp³-hybridized carbons (Fsp3) is 0.364. The fourth-order valence-corrected chi connectivity index (χ4v) is 6.31. The molecule has 1 aliphatic rings. The summed E-state index contributed by atoms with van der Waals surface area (Å²) in [6.07, 6.45) is 2.12. The fourth-order valence-electron chi connectivity index (χ4n) is 4.93. The Bertz CT molecular complexity index is 1580. The summed E-state index contributed by atoms with van der Waals surface area (Å²) in [4.78, 5) is 55.8. The molecule has 2 atom stereocenters. The number of hydrogen-bond acceptors (Lipinski definition) is 8. The highest BCUT2D eigenvalue weighted by molar-refractivity contribution is 7.89. The summed E-state index contributed by atoms with van der Waals surface area (Å²) < 4.78 is 32.8. The van der Waals surface area contributed by atoms with Gasteiger partial charge in [-0.25, -0.2) is 13.4 Å². The molecule has 11 nitrogen and oxygen atoms in total. The number of sulfonamides is 1. The number of carbonyl (C=O) groups excluding carboxylic acids is 4. The number of nitrogens with one attached hydrogen (secondary N) is 2. The van der Waals surface area contributed by atoms with Crippen LogP contribution >= 0.6 is 0 Å². The minimum Gasteiger partial charge on any atom is -0.457 e. The molecule has 1 aromatic heterocycles. The minimum atomic E-state index is -3.97. The number of nitrogens with zero attached hydrogens (tertiary/aromatic N) is 2. The van der Waals surface area contributed by atoms with E-state index in [0.717, 1.165) is 4.31 Å². The Kier molecular flexibility index (Phi) is 11.6. The van der Waals surface area contributed by atoms with Crippen molar-refractivity contribution in [2.24, 2.45) is 5.92 Å². The van der Waals surface area contributed by atoms with Crippen molar-refractivity contribution in [3.8, 4) is 11.5 Å². The van der Waals surface area contributed by atoms with E-state index in [1.54, 1.807) is 36.4 Å². The van der Waals surface area contributed by atoms with Crippen LogP contribution in [0.25, 0.3) is 0 Å². The number of ether oxygens (including phenoxy) is 1. The van der Waals surface area contributed by atoms with E-state index in [2.05, 4.69) is 15.6 Å². The van der Waals surface area contributed by atoms with Gasteiger partial charge in [-0.15, -0.1) is 0 Å². The Morgan fingerprint density at radius 3 is 2.31 bits per heavy atom. The van der Waals surface area contributed by atoms with E-state index in [9.17, 15) is 27.6 Å². The molecule has 238 valence electrons. The third kappa shape index (κ3) is 9.53. The molecule has 0 spiro atoms. The van der Waals surface area contributed by atoms with E-state index in [1.807, 2.05) is 44.2 Å². The highest BCUT2D eigenvalue weighted by Gasteiger charge is 2.34. The zero-order chi connectivity index (χ0) is 32.4. The summed E-state index contributed by atoms with van der Waals surface area (Å²) >= 11 is 0. The van der Waals surface area contributed by atoms with E-state index >= 15 is 0 Å². The van der Waals surface area contributed by atoms with E-state index in [-0.39, 0.29) is 42.5 Å². The number of aromatic nitrogens is 1. The first-order valence-electron chi connectivity index (χ1n) is 14.9. The van der Waals surface area contributed by atoms with Crippen LogP contribution in [-0.4, -0.2) is 66.3 Å². The van der Waals surface area contributed by atoms with Gasteiger partial charge in [-0.05, 0) is 73.7 Å². The van der Waals surface area contributed by atoms with Crippen LogP contribution in [0, 0.1) is 5.92 Å². The van der Waals surface area contributed by atoms with Crippen LogP contribution in [0.2, 0.25) is 0 Å². The second kappa shape index (κ2) is 15.5. The molecule has 2 heterocycles. The first kappa shape index (κ1) is 33.5.